The third-order valence-electron chi connectivity index (χ3n) is 12.2. The molecule has 58 heavy (non-hydrogen) atoms. The molecule has 3 aromatic carbocycles. The van der Waals surface area contributed by atoms with Crippen LogP contribution in [-0.4, -0.2) is 101 Å². The van der Waals surface area contributed by atoms with Crippen LogP contribution in [0.5, 0.6) is 0 Å². The predicted molar refractivity (Wildman–Crippen MR) is 228 cm³/mol. The molecule has 9 atom stereocenters. The second-order valence-corrected chi connectivity index (χ2v) is 16.5. The van der Waals surface area contributed by atoms with E-state index >= 15 is 9.59 Å². The first kappa shape index (κ1) is 42.8. The molecule has 2 bridgehead atoms. The zero-order valence-corrected chi connectivity index (χ0v) is 35.4. The summed E-state index contributed by atoms with van der Waals surface area (Å²) in [6.07, 6.45) is 2.68. The molecule has 0 saturated carbocycles. The minimum atomic E-state index is -1.44. The zero-order valence-electron chi connectivity index (χ0n) is 33.8. The first-order chi connectivity index (χ1) is 28.0. The smallest absolute Gasteiger partial charge is 0.313 e. The fraction of sp³-hybridized carbons (Fsp3) is 0.435. The van der Waals surface area contributed by atoms with Crippen LogP contribution in [0, 0.1) is 11.8 Å². The average molecular weight is 856 g/mol. The number of hydrogen-bond acceptors (Lipinski definition) is 8. The van der Waals surface area contributed by atoms with Crippen LogP contribution < -0.4 is 9.80 Å². The molecule has 1 N–H and O–H groups in total. The summed E-state index contributed by atoms with van der Waals surface area (Å²) in [5.74, 6) is -3.86. The molecular formula is C46H55BrN4O7. The molecular weight excluding hydrogens is 800 g/mol. The van der Waals surface area contributed by atoms with Gasteiger partial charge in [-0.2, -0.15) is 0 Å². The van der Waals surface area contributed by atoms with E-state index in [1.807, 2.05) is 91.9 Å². The van der Waals surface area contributed by atoms with Crippen LogP contribution in [-0.2, 0) is 28.7 Å². The molecule has 6 rings (SSSR count). The van der Waals surface area contributed by atoms with Crippen molar-refractivity contribution in [1.82, 2.24) is 9.80 Å². The summed E-state index contributed by atoms with van der Waals surface area (Å²) in [4.78, 5) is 65.1. The van der Waals surface area contributed by atoms with Gasteiger partial charge >= 0.3 is 5.97 Å². The Labute approximate surface area is 350 Å². The van der Waals surface area contributed by atoms with Crippen LogP contribution in [0.4, 0.5) is 11.4 Å². The molecule has 3 aliphatic heterocycles. The van der Waals surface area contributed by atoms with Gasteiger partial charge in [-0.05, 0) is 69.0 Å². The lowest BCUT2D eigenvalue weighted by Gasteiger charge is -2.39. The van der Waals surface area contributed by atoms with Gasteiger partial charge in [0.25, 0.3) is 5.91 Å². The number of amides is 3. The first-order valence-electron chi connectivity index (χ1n) is 20.2. The lowest BCUT2D eigenvalue weighted by molar-refractivity contribution is -0.165. The van der Waals surface area contributed by atoms with E-state index in [0.29, 0.717) is 23.2 Å². The molecule has 11 nitrogen and oxygen atoms in total. The predicted octanol–water partition coefficient (Wildman–Crippen LogP) is 6.63. The van der Waals surface area contributed by atoms with Crippen molar-refractivity contribution in [1.29, 1.82) is 0 Å². The maximum absolute atomic E-state index is 15.4. The number of fused-ring (bicyclic) bond motifs is 1. The van der Waals surface area contributed by atoms with Gasteiger partial charge in [0.05, 0.1) is 36.6 Å². The highest BCUT2D eigenvalue weighted by Gasteiger charge is 2.78. The number of ether oxygens (including phenoxy) is 2. The molecule has 1 unspecified atom stereocenters. The lowest BCUT2D eigenvalue weighted by atomic mass is 9.70. The van der Waals surface area contributed by atoms with E-state index in [1.54, 1.807) is 29.0 Å². The number of alkyl halides is 1. The van der Waals surface area contributed by atoms with E-state index in [-0.39, 0.29) is 25.3 Å². The Hall–Kier alpha value is -4.78. The number of carbonyl (C=O) groups is 4. The van der Waals surface area contributed by atoms with E-state index in [4.69, 9.17) is 9.47 Å². The van der Waals surface area contributed by atoms with E-state index in [1.165, 1.54) is 4.90 Å². The number of carbonyl (C=O) groups excluding carboxylic acids is 4. The highest BCUT2D eigenvalue weighted by molar-refractivity contribution is 9.09. The summed E-state index contributed by atoms with van der Waals surface area (Å²) < 4.78 is 13.3. The Balaban J connectivity index is 1.42. The summed E-state index contributed by atoms with van der Waals surface area (Å²) >= 11 is 3.79. The van der Waals surface area contributed by atoms with Gasteiger partial charge in [-0.15, -0.1) is 13.2 Å². The molecule has 3 saturated heterocycles. The normalized spacial score (nSPS) is 24.7. The number of rotatable bonds is 18. The Morgan fingerprint density at radius 2 is 1.57 bits per heavy atom. The Bertz CT molecular complexity index is 1940. The summed E-state index contributed by atoms with van der Waals surface area (Å²) in [5, 5.41) is 11.0. The van der Waals surface area contributed by atoms with Crippen LogP contribution >= 0.6 is 15.9 Å². The highest BCUT2D eigenvalue weighted by atomic mass is 79.9. The van der Waals surface area contributed by atoms with Gasteiger partial charge in [-0.3, -0.25) is 19.2 Å². The van der Waals surface area contributed by atoms with Gasteiger partial charge in [0.1, 0.15) is 17.7 Å². The number of aliphatic hydroxyl groups excluding tert-OH is 1. The molecule has 3 heterocycles. The van der Waals surface area contributed by atoms with Crippen molar-refractivity contribution in [2.75, 3.05) is 43.1 Å². The number of likely N-dealkylation sites (tertiary alicyclic amines) is 1. The van der Waals surface area contributed by atoms with Crippen LogP contribution in [0.1, 0.15) is 63.3 Å². The molecule has 0 aliphatic carbocycles. The van der Waals surface area contributed by atoms with Crippen molar-refractivity contribution in [3.05, 3.63) is 121 Å². The molecule has 3 amide bonds. The summed E-state index contributed by atoms with van der Waals surface area (Å²) in [5.41, 5.74) is 1.50. The van der Waals surface area contributed by atoms with Crippen molar-refractivity contribution < 1.29 is 33.8 Å². The quantitative estimate of drug-likeness (QED) is 0.0861. The Kier molecular flexibility index (Phi) is 13.6. The molecule has 1 spiro atoms. The number of esters is 1. The zero-order chi connectivity index (χ0) is 41.7. The summed E-state index contributed by atoms with van der Waals surface area (Å²) in [6, 6.07) is 23.3. The standard InChI is InChI=1S/C46H55BrN4O7/c1-7-11-22-37(53)48(6)30(5)40(32-20-16-13-17-21-32)57-45(56)38-39-43(54)51(36(29-52)31-18-14-12-15-19-31)42(46(39)28-35(47)41(38)58-46)44(55)50(27-8-2)34-25-23-33(24-26-34)49(9-3)10-4/h7-8,12-21,23-26,30,35-36,38-42,52H,1-2,9-11,22,27-29H2,3-6H3/t30-,35?,36-,38-,39+,40+,41-,42-,46+/m1/s1. The summed E-state index contributed by atoms with van der Waals surface area (Å²) in [7, 11) is 1.68. The van der Waals surface area contributed by atoms with E-state index < -0.39 is 77.0 Å². The van der Waals surface area contributed by atoms with Crippen molar-refractivity contribution >= 4 is 51.0 Å². The molecule has 12 heteroatoms. The topological polar surface area (TPSA) is 120 Å². The van der Waals surface area contributed by atoms with Crippen LogP contribution in [0.2, 0.25) is 0 Å². The molecule has 3 fully saturated rings. The monoisotopic (exact) mass is 854 g/mol. The third-order valence-corrected chi connectivity index (χ3v) is 13.0. The van der Waals surface area contributed by atoms with Gasteiger partial charge in [-0.25, -0.2) is 0 Å². The second-order valence-electron chi connectivity index (χ2n) is 15.3. The molecule has 3 aromatic rings. The number of halogens is 1. The van der Waals surface area contributed by atoms with Crippen molar-refractivity contribution in [2.24, 2.45) is 11.8 Å². The number of aliphatic hydroxyl groups is 1. The van der Waals surface area contributed by atoms with E-state index in [2.05, 4.69) is 47.8 Å². The van der Waals surface area contributed by atoms with Crippen molar-refractivity contribution in [2.45, 2.75) is 80.8 Å². The lowest BCUT2D eigenvalue weighted by Crippen LogP contribution is -2.57. The largest absolute Gasteiger partial charge is 0.455 e. The fourth-order valence-corrected chi connectivity index (χ4v) is 10.1. The maximum Gasteiger partial charge on any atom is 0.313 e. The number of hydrogen-bond donors (Lipinski definition) is 1. The van der Waals surface area contributed by atoms with Gasteiger partial charge in [0.15, 0.2) is 0 Å². The number of likely N-dealkylation sites (N-methyl/N-ethyl adjacent to an activating group) is 1. The van der Waals surface area contributed by atoms with Crippen LogP contribution in [0.15, 0.2) is 110 Å². The number of allylic oxidation sites excluding steroid dienone is 1. The van der Waals surface area contributed by atoms with Gasteiger partial charge in [-0.1, -0.05) is 88.7 Å². The molecule has 308 valence electrons. The van der Waals surface area contributed by atoms with Gasteiger partial charge < -0.3 is 34.2 Å². The van der Waals surface area contributed by atoms with Gasteiger partial charge in [0, 0.05) is 49.3 Å². The maximum atomic E-state index is 15.4. The molecule has 3 aliphatic rings. The third kappa shape index (κ3) is 7.86. The Morgan fingerprint density at radius 3 is 2.14 bits per heavy atom. The Morgan fingerprint density at radius 1 is 0.966 bits per heavy atom. The average Bonchev–Trinajstić information content (AvgIpc) is 3.85. The number of benzene rings is 3. The van der Waals surface area contributed by atoms with Crippen molar-refractivity contribution in [3.63, 3.8) is 0 Å². The van der Waals surface area contributed by atoms with E-state index in [0.717, 1.165) is 18.8 Å². The summed E-state index contributed by atoms with van der Waals surface area (Å²) in [6.45, 7) is 15.0. The van der Waals surface area contributed by atoms with Crippen molar-refractivity contribution in [3.8, 4) is 0 Å². The fourth-order valence-electron chi connectivity index (χ4n) is 9.14. The number of anilines is 2. The van der Waals surface area contributed by atoms with Crippen LogP contribution in [0.25, 0.3) is 0 Å². The van der Waals surface area contributed by atoms with E-state index in [9.17, 15) is 14.7 Å². The minimum Gasteiger partial charge on any atom is -0.455 e. The van der Waals surface area contributed by atoms with Gasteiger partial charge in [0.2, 0.25) is 11.8 Å². The molecule has 0 aromatic heterocycles. The minimum absolute atomic E-state index is 0.127. The number of nitrogens with zero attached hydrogens (tertiary/aromatic N) is 4. The SMILES string of the molecule is C=CCCC(=O)N(C)[C@H](C)[C@H](OC(=O)[C@H]1[C@@H]2O[C@@]3(CC2Br)[C@@H]1C(=O)N([C@H](CO)c1ccccc1)[C@@H]3C(=O)N(CC=C)c1ccc(N(CC)CC)cc1)c1ccccc1. The first-order valence-corrected chi connectivity index (χ1v) is 21.1. The second kappa shape index (κ2) is 18.4. The molecule has 0 radical (unpaired) electrons. The highest BCUT2D eigenvalue weighted by Crippen LogP contribution is 2.62. The van der Waals surface area contributed by atoms with Crippen LogP contribution in [0.3, 0.4) is 0 Å².